The van der Waals surface area contributed by atoms with Crippen LogP contribution in [0.5, 0.6) is 0 Å². The molecular weight excluding hydrogens is 217 g/mol. The Kier molecular flexibility index (Phi) is 4.00. The van der Waals surface area contributed by atoms with Crippen LogP contribution in [0.15, 0.2) is 18.2 Å². The van der Waals surface area contributed by atoms with Gasteiger partial charge in [0.2, 0.25) is 0 Å². The van der Waals surface area contributed by atoms with Crippen molar-refractivity contribution in [3.8, 4) is 0 Å². The Balaban J connectivity index is 2.08. The molecule has 1 saturated carbocycles. The van der Waals surface area contributed by atoms with Crippen molar-refractivity contribution in [1.82, 2.24) is 0 Å². The van der Waals surface area contributed by atoms with Crippen molar-refractivity contribution >= 4 is 5.69 Å². The van der Waals surface area contributed by atoms with Crippen molar-refractivity contribution in [3.05, 3.63) is 29.6 Å². The molecule has 0 bridgehead atoms. The molecule has 0 aliphatic heterocycles. The molecule has 2 unspecified atom stereocenters. The van der Waals surface area contributed by atoms with E-state index in [9.17, 15) is 4.39 Å². The van der Waals surface area contributed by atoms with Gasteiger partial charge >= 0.3 is 0 Å². The lowest BCUT2D eigenvalue weighted by Gasteiger charge is -2.31. The fourth-order valence-corrected chi connectivity index (χ4v) is 2.48. The van der Waals surface area contributed by atoms with E-state index in [1.165, 1.54) is 12.8 Å². The van der Waals surface area contributed by atoms with Crippen molar-refractivity contribution in [2.45, 2.75) is 44.8 Å². The summed E-state index contributed by atoms with van der Waals surface area (Å²) in [5.41, 5.74) is 1.53. The molecule has 0 radical (unpaired) electrons. The lowest BCUT2D eigenvalue weighted by atomic mass is 9.92. The summed E-state index contributed by atoms with van der Waals surface area (Å²) in [4.78, 5) is 0. The van der Waals surface area contributed by atoms with Crippen LogP contribution >= 0.6 is 0 Å². The fourth-order valence-electron chi connectivity index (χ4n) is 2.48. The molecule has 1 aliphatic carbocycles. The molecule has 1 aliphatic rings. The molecule has 0 saturated heterocycles. The van der Waals surface area contributed by atoms with Gasteiger partial charge in [-0.25, -0.2) is 4.39 Å². The maximum atomic E-state index is 13.7. The van der Waals surface area contributed by atoms with Crippen LogP contribution in [0.1, 0.15) is 31.2 Å². The zero-order valence-electron chi connectivity index (χ0n) is 10.5. The first-order valence-corrected chi connectivity index (χ1v) is 6.26. The molecule has 0 heterocycles. The van der Waals surface area contributed by atoms with Crippen molar-refractivity contribution in [1.29, 1.82) is 0 Å². The highest BCUT2D eigenvalue weighted by Crippen LogP contribution is 2.25. The average Bonchev–Trinajstić information content (AvgIpc) is 2.33. The molecule has 0 amide bonds. The Morgan fingerprint density at radius 1 is 1.29 bits per heavy atom. The van der Waals surface area contributed by atoms with Gasteiger partial charge in [-0.1, -0.05) is 18.9 Å². The second-order valence-electron chi connectivity index (χ2n) is 4.79. The zero-order valence-corrected chi connectivity index (χ0v) is 10.5. The Morgan fingerprint density at radius 2 is 2.06 bits per heavy atom. The number of methoxy groups -OCH3 is 1. The van der Waals surface area contributed by atoms with E-state index >= 15 is 0 Å². The summed E-state index contributed by atoms with van der Waals surface area (Å²) in [6.07, 6.45) is 4.69. The third-order valence-corrected chi connectivity index (χ3v) is 3.47. The predicted octanol–water partition coefficient (Wildman–Crippen LogP) is 3.50. The summed E-state index contributed by atoms with van der Waals surface area (Å²) < 4.78 is 19.2. The second-order valence-corrected chi connectivity index (χ2v) is 4.79. The van der Waals surface area contributed by atoms with Gasteiger partial charge in [0.15, 0.2) is 0 Å². The number of nitrogens with one attached hydrogen (secondary N) is 1. The van der Waals surface area contributed by atoms with Gasteiger partial charge in [-0.15, -0.1) is 0 Å². The van der Waals surface area contributed by atoms with Crippen molar-refractivity contribution in [2.75, 3.05) is 12.4 Å². The summed E-state index contributed by atoms with van der Waals surface area (Å²) in [6, 6.07) is 5.53. The summed E-state index contributed by atoms with van der Waals surface area (Å²) in [5.74, 6) is -0.176. The fraction of sp³-hybridized carbons (Fsp3) is 0.571. The van der Waals surface area contributed by atoms with Crippen molar-refractivity contribution < 1.29 is 9.13 Å². The van der Waals surface area contributed by atoms with Gasteiger partial charge < -0.3 is 10.1 Å². The number of hydrogen-bond acceptors (Lipinski definition) is 2. The van der Waals surface area contributed by atoms with Gasteiger partial charge in [0, 0.05) is 7.11 Å². The molecule has 1 aromatic carbocycles. The van der Waals surface area contributed by atoms with Crippen LogP contribution in [0.25, 0.3) is 0 Å². The summed E-state index contributed by atoms with van der Waals surface area (Å²) >= 11 is 0. The maximum absolute atomic E-state index is 13.7. The van der Waals surface area contributed by atoms with Crippen LogP contribution in [-0.2, 0) is 4.74 Å². The number of rotatable bonds is 3. The smallest absolute Gasteiger partial charge is 0.146 e. The molecule has 17 heavy (non-hydrogen) atoms. The molecule has 2 atom stereocenters. The number of halogens is 1. The van der Waals surface area contributed by atoms with Crippen LogP contribution in [-0.4, -0.2) is 19.3 Å². The summed E-state index contributed by atoms with van der Waals surface area (Å²) in [7, 11) is 1.73. The quantitative estimate of drug-likeness (QED) is 0.868. The van der Waals surface area contributed by atoms with Crippen LogP contribution in [0.4, 0.5) is 10.1 Å². The highest BCUT2D eigenvalue weighted by molar-refractivity contribution is 5.47. The van der Waals surface area contributed by atoms with E-state index in [0.29, 0.717) is 5.69 Å². The van der Waals surface area contributed by atoms with Crippen LogP contribution in [0.2, 0.25) is 0 Å². The second kappa shape index (κ2) is 5.50. The van der Waals surface area contributed by atoms with E-state index in [-0.39, 0.29) is 18.0 Å². The topological polar surface area (TPSA) is 21.3 Å². The molecule has 1 N–H and O–H groups in total. The standard InChI is InChI=1S/C14H20FNO/c1-10-7-8-12(11(15)9-10)16-13-5-3-4-6-14(13)17-2/h7-9,13-14,16H,3-6H2,1-2H3. The van der Waals surface area contributed by atoms with Gasteiger partial charge in [-0.3, -0.25) is 0 Å². The lowest BCUT2D eigenvalue weighted by Crippen LogP contribution is -2.38. The van der Waals surface area contributed by atoms with E-state index in [4.69, 9.17) is 4.74 Å². The Labute approximate surface area is 102 Å². The largest absolute Gasteiger partial charge is 0.379 e. The van der Waals surface area contributed by atoms with Gasteiger partial charge in [0.05, 0.1) is 17.8 Å². The van der Waals surface area contributed by atoms with Gasteiger partial charge in [0.1, 0.15) is 5.82 Å². The molecule has 94 valence electrons. The monoisotopic (exact) mass is 237 g/mol. The Morgan fingerprint density at radius 3 is 2.76 bits per heavy atom. The molecule has 0 spiro atoms. The molecule has 2 rings (SSSR count). The third-order valence-electron chi connectivity index (χ3n) is 3.47. The molecule has 0 aromatic heterocycles. The molecule has 2 nitrogen and oxygen atoms in total. The number of ether oxygens (including phenoxy) is 1. The highest BCUT2D eigenvalue weighted by Gasteiger charge is 2.25. The molecule has 1 aromatic rings. The zero-order chi connectivity index (χ0) is 12.3. The maximum Gasteiger partial charge on any atom is 0.146 e. The summed E-state index contributed by atoms with van der Waals surface area (Å²) in [6.45, 7) is 1.89. The van der Waals surface area contributed by atoms with Crippen molar-refractivity contribution in [2.24, 2.45) is 0 Å². The van der Waals surface area contributed by atoms with E-state index in [2.05, 4.69) is 5.32 Å². The summed E-state index contributed by atoms with van der Waals surface area (Å²) in [5, 5.41) is 3.28. The van der Waals surface area contributed by atoms with Gasteiger partial charge in [-0.2, -0.15) is 0 Å². The Hall–Kier alpha value is -1.09. The number of aryl methyl sites for hydroxylation is 1. The molecule has 3 heteroatoms. The van der Waals surface area contributed by atoms with E-state index in [0.717, 1.165) is 18.4 Å². The first kappa shape index (κ1) is 12.4. The lowest BCUT2D eigenvalue weighted by molar-refractivity contribution is 0.0605. The number of anilines is 1. The first-order valence-electron chi connectivity index (χ1n) is 6.26. The minimum absolute atomic E-state index is 0.176. The van der Waals surface area contributed by atoms with E-state index in [1.54, 1.807) is 13.2 Å². The van der Waals surface area contributed by atoms with Crippen LogP contribution in [0, 0.1) is 12.7 Å². The average molecular weight is 237 g/mol. The van der Waals surface area contributed by atoms with Crippen molar-refractivity contribution in [3.63, 3.8) is 0 Å². The normalized spacial score (nSPS) is 24.6. The minimum Gasteiger partial charge on any atom is -0.379 e. The highest BCUT2D eigenvalue weighted by atomic mass is 19.1. The number of hydrogen-bond donors (Lipinski definition) is 1. The predicted molar refractivity (Wildman–Crippen MR) is 67.8 cm³/mol. The van der Waals surface area contributed by atoms with E-state index in [1.807, 2.05) is 19.1 Å². The molecular formula is C14H20FNO. The van der Waals surface area contributed by atoms with Crippen LogP contribution < -0.4 is 5.32 Å². The van der Waals surface area contributed by atoms with Crippen LogP contribution in [0.3, 0.4) is 0 Å². The minimum atomic E-state index is -0.176. The van der Waals surface area contributed by atoms with Gasteiger partial charge in [0.25, 0.3) is 0 Å². The first-order chi connectivity index (χ1) is 8.20. The third kappa shape index (κ3) is 2.97. The molecule has 1 fully saturated rings. The number of benzene rings is 1. The SMILES string of the molecule is COC1CCCCC1Nc1ccc(C)cc1F. The van der Waals surface area contributed by atoms with E-state index < -0.39 is 0 Å². The van der Waals surface area contributed by atoms with Gasteiger partial charge in [-0.05, 0) is 37.5 Å². The Bertz CT molecular complexity index is 380.